The summed E-state index contributed by atoms with van der Waals surface area (Å²) in [5.41, 5.74) is 4.93. The molecular formula is C9H21N3O. The molecule has 0 spiro atoms. The lowest BCUT2D eigenvalue weighted by Crippen LogP contribution is -2.36. The van der Waals surface area contributed by atoms with Crippen molar-refractivity contribution >= 4 is 6.03 Å². The summed E-state index contributed by atoms with van der Waals surface area (Å²) in [7, 11) is 2.05. The first-order valence-corrected chi connectivity index (χ1v) is 4.88. The van der Waals surface area contributed by atoms with Gasteiger partial charge in [-0.25, -0.2) is 4.79 Å². The number of carbonyl (C=O) groups excluding carboxylic acids is 1. The van der Waals surface area contributed by atoms with E-state index in [0.717, 1.165) is 13.1 Å². The summed E-state index contributed by atoms with van der Waals surface area (Å²) < 4.78 is 0. The Morgan fingerprint density at radius 2 is 2.08 bits per heavy atom. The van der Waals surface area contributed by atoms with Crippen LogP contribution in [0, 0.1) is 0 Å². The first kappa shape index (κ1) is 12.2. The van der Waals surface area contributed by atoms with Crippen LogP contribution >= 0.6 is 0 Å². The second-order valence-electron chi connectivity index (χ2n) is 3.30. The van der Waals surface area contributed by atoms with Gasteiger partial charge in [0, 0.05) is 13.1 Å². The van der Waals surface area contributed by atoms with Crippen LogP contribution in [0.3, 0.4) is 0 Å². The van der Waals surface area contributed by atoms with Crippen LogP contribution in [-0.4, -0.2) is 37.6 Å². The molecule has 0 rings (SSSR count). The van der Waals surface area contributed by atoms with E-state index in [9.17, 15) is 4.79 Å². The Bertz CT molecular complexity index is 139. The first-order valence-electron chi connectivity index (χ1n) is 4.88. The van der Waals surface area contributed by atoms with E-state index in [0.29, 0.717) is 6.54 Å². The summed E-state index contributed by atoms with van der Waals surface area (Å²) in [5, 5.41) is 2.56. The monoisotopic (exact) mass is 187 g/mol. The highest BCUT2D eigenvalue weighted by Gasteiger charge is 1.97. The predicted molar refractivity (Wildman–Crippen MR) is 54.6 cm³/mol. The maximum absolute atomic E-state index is 10.3. The molecule has 13 heavy (non-hydrogen) atoms. The molecule has 4 heteroatoms. The number of nitrogens with two attached hydrogens (primary N) is 1. The number of rotatable bonds is 7. The van der Waals surface area contributed by atoms with Crippen molar-refractivity contribution in [3.8, 4) is 0 Å². The van der Waals surface area contributed by atoms with E-state index in [4.69, 9.17) is 5.73 Å². The van der Waals surface area contributed by atoms with Gasteiger partial charge in [0.05, 0.1) is 0 Å². The standard InChI is InChI=1S/C9H21N3O/c1-3-4-5-7-12(2)8-6-11-9(10)13/h3-8H2,1-2H3,(H3,10,11,13). The molecule has 0 heterocycles. The van der Waals surface area contributed by atoms with E-state index in [1.54, 1.807) is 0 Å². The Hall–Kier alpha value is -0.770. The zero-order valence-corrected chi connectivity index (χ0v) is 8.68. The number of urea groups is 1. The molecule has 0 bridgehead atoms. The lowest BCUT2D eigenvalue weighted by Gasteiger charge is -2.15. The highest BCUT2D eigenvalue weighted by molar-refractivity contribution is 5.71. The molecule has 0 aliphatic heterocycles. The molecule has 0 aromatic rings. The fraction of sp³-hybridized carbons (Fsp3) is 0.889. The molecule has 0 aliphatic carbocycles. The summed E-state index contributed by atoms with van der Waals surface area (Å²) in [4.78, 5) is 12.5. The van der Waals surface area contributed by atoms with Gasteiger partial charge in [-0.2, -0.15) is 0 Å². The average Bonchev–Trinajstić information content (AvgIpc) is 2.04. The molecule has 0 unspecified atom stereocenters. The summed E-state index contributed by atoms with van der Waals surface area (Å²) in [5.74, 6) is 0. The maximum atomic E-state index is 10.3. The second kappa shape index (κ2) is 7.86. The molecule has 2 amide bonds. The van der Waals surface area contributed by atoms with Crippen molar-refractivity contribution in [3.05, 3.63) is 0 Å². The van der Waals surface area contributed by atoms with E-state index in [2.05, 4.69) is 24.2 Å². The second-order valence-corrected chi connectivity index (χ2v) is 3.30. The third-order valence-electron chi connectivity index (χ3n) is 1.94. The van der Waals surface area contributed by atoms with Gasteiger partial charge in [0.15, 0.2) is 0 Å². The fourth-order valence-electron chi connectivity index (χ4n) is 1.11. The third-order valence-corrected chi connectivity index (χ3v) is 1.94. The predicted octanol–water partition coefficient (Wildman–Crippen LogP) is 0.777. The average molecular weight is 187 g/mol. The third kappa shape index (κ3) is 9.14. The highest BCUT2D eigenvalue weighted by atomic mass is 16.2. The molecular weight excluding hydrogens is 166 g/mol. The van der Waals surface area contributed by atoms with E-state index >= 15 is 0 Å². The Morgan fingerprint density at radius 1 is 1.38 bits per heavy atom. The summed E-state index contributed by atoms with van der Waals surface area (Å²) in [6.45, 7) is 4.79. The number of unbranched alkanes of at least 4 members (excludes halogenated alkanes) is 2. The Morgan fingerprint density at radius 3 is 2.62 bits per heavy atom. The minimum absolute atomic E-state index is 0.443. The van der Waals surface area contributed by atoms with E-state index in [1.807, 2.05) is 0 Å². The SMILES string of the molecule is CCCCCN(C)CCNC(N)=O. The van der Waals surface area contributed by atoms with E-state index in [-0.39, 0.29) is 0 Å². The van der Waals surface area contributed by atoms with Crippen LogP contribution in [0.25, 0.3) is 0 Å². The Balaban J connectivity index is 3.19. The number of carbonyl (C=O) groups is 1. The van der Waals surface area contributed by atoms with Crippen LogP contribution in [-0.2, 0) is 0 Å². The van der Waals surface area contributed by atoms with Crippen molar-refractivity contribution in [2.75, 3.05) is 26.7 Å². The molecule has 0 saturated heterocycles. The maximum Gasteiger partial charge on any atom is 0.312 e. The molecule has 0 fully saturated rings. The van der Waals surface area contributed by atoms with Gasteiger partial charge in [0.2, 0.25) is 0 Å². The van der Waals surface area contributed by atoms with E-state index < -0.39 is 6.03 Å². The summed E-state index contributed by atoms with van der Waals surface area (Å²) >= 11 is 0. The van der Waals surface area contributed by atoms with Crippen LogP contribution in [0.2, 0.25) is 0 Å². The number of nitrogens with one attached hydrogen (secondary N) is 1. The molecule has 0 aromatic carbocycles. The van der Waals surface area contributed by atoms with Gasteiger partial charge < -0.3 is 16.0 Å². The molecule has 78 valence electrons. The Labute approximate surface area is 80.5 Å². The normalized spacial score (nSPS) is 10.4. The zero-order valence-electron chi connectivity index (χ0n) is 8.68. The van der Waals surface area contributed by atoms with Crippen LogP contribution in [0.15, 0.2) is 0 Å². The van der Waals surface area contributed by atoms with Crippen molar-refractivity contribution in [2.24, 2.45) is 5.73 Å². The quantitative estimate of drug-likeness (QED) is 0.579. The van der Waals surface area contributed by atoms with Crippen molar-refractivity contribution in [3.63, 3.8) is 0 Å². The van der Waals surface area contributed by atoms with Gasteiger partial charge in [-0.05, 0) is 20.0 Å². The van der Waals surface area contributed by atoms with Crippen molar-refractivity contribution in [1.82, 2.24) is 10.2 Å². The molecule has 0 radical (unpaired) electrons. The minimum atomic E-state index is -0.443. The fourth-order valence-corrected chi connectivity index (χ4v) is 1.11. The van der Waals surface area contributed by atoms with Crippen molar-refractivity contribution < 1.29 is 4.79 Å². The lowest BCUT2D eigenvalue weighted by atomic mass is 10.2. The highest BCUT2D eigenvalue weighted by Crippen LogP contribution is 1.95. The van der Waals surface area contributed by atoms with Crippen molar-refractivity contribution in [2.45, 2.75) is 26.2 Å². The molecule has 0 atom stereocenters. The van der Waals surface area contributed by atoms with Crippen LogP contribution in [0.1, 0.15) is 26.2 Å². The van der Waals surface area contributed by atoms with Gasteiger partial charge in [0.1, 0.15) is 0 Å². The van der Waals surface area contributed by atoms with E-state index in [1.165, 1.54) is 19.3 Å². The number of nitrogens with zero attached hydrogens (tertiary/aromatic N) is 1. The smallest absolute Gasteiger partial charge is 0.312 e. The largest absolute Gasteiger partial charge is 0.352 e. The number of primary amides is 1. The number of hydrogen-bond acceptors (Lipinski definition) is 2. The van der Waals surface area contributed by atoms with Crippen LogP contribution in [0.5, 0.6) is 0 Å². The van der Waals surface area contributed by atoms with Gasteiger partial charge >= 0.3 is 6.03 Å². The van der Waals surface area contributed by atoms with Crippen molar-refractivity contribution in [1.29, 1.82) is 0 Å². The number of likely N-dealkylation sites (N-methyl/N-ethyl adjacent to an activating group) is 1. The molecule has 0 aromatic heterocycles. The van der Waals surface area contributed by atoms with Gasteiger partial charge in [-0.1, -0.05) is 19.8 Å². The lowest BCUT2D eigenvalue weighted by molar-refractivity contribution is 0.246. The number of hydrogen-bond donors (Lipinski definition) is 2. The number of amides is 2. The molecule has 0 aliphatic rings. The van der Waals surface area contributed by atoms with Gasteiger partial charge in [-0.15, -0.1) is 0 Å². The van der Waals surface area contributed by atoms with Crippen LogP contribution in [0.4, 0.5) is 4.79 Å². The topological polar surface area (TPSA) is 58.4 Å². The summed E-state index contributed by atoms with van der Waals surface area (Å²) in [6.07, 6.45) is 3.74. The minimum Gasteiger partial charge on any atom is -0.352 e. The molecule has 4 nitrogen and oxygen atoms in total. The zero-order chi connectivity index (χ0) is 10.1. The van der Waals surface area contributed by atoms with Gasteiger partial charge in [0.25, 0.3) is 0 Å². The van der Waals surface area contributed by atoms with Crippen LogP contribution < -0.4 is 11.1 Å². The Kier molecular flexibility index (Phi) is 7.39. The molecule has 0 saturated carbocycles. The summed E-state index contributed by atoms with van der Waals surface area (Å²) in [6, 6.07) is -0.443. The first-order chi connectivity index (χ1) is 6.16. The van der Waals surface area contributed by atoms with Gasteiger partial charge in [-0.3, -0.25) is 0 Å². The molecule has 3 N–H and O–H groups in total.